The summed E-state index contributed by atoms with van der Waals surface area (Å²) < 4.78 is 15.8. The van der Waals surface area contributed by atoms with Crippen molar-refractivity contribution in [3.63, 3.8) is 0 Å². The van der Waals surface area contributed by atoms with E-state index in [-0.39, 0.29) is 13.2 Å². The fourth-order valence-corrected chi connectivity index (χ4v) is 2.22. The van der Waals surface area contributed by atoms with Crippen molar-refractivity contribution in [1.29, 1.82) is 0 Å². The van der Waals surface area contributed by atoms with Crippen LogP contribution in [0, 0.1) is 12.3 Å². The van der Waals surface area contributed by atoms with E-state index < -0.39 is 5.97 Å². The molecule has 0 atom stereocenters. The largest absolute Gasteiger partial charge is 0.493 e. The molecule has 0 bridgehead atoms. The molecule has 0 aliphatic carbocycles. The van der Waals surface area contributed by atoms with Gasteiger partial charge in [0.15, 0.2) is 18.1 Å². The van der Waals surface area contributed by atoms with E-state index in [1.165, 1.54) is 13.2 Å². The molecule has 0 amide bonds. The van der Waals surface area contributed by atoms with Gasteiger partial charge in [0.1, 0.15) is 6.61 Å². The van der Waals surface area contributed by atoms with Gasteiger partial charge >= 0.3 is 5.97 Å². The number of carbonyl (C=O) groups excluding carboxylic acids is 1. The van der Waals surface area contributed by atoms with Crippen molar-refractivity contribution >= 4 is 29.2 Å². The normalized spacial score (nSPS) is 9.92. The molecule has 24 heavy (non-hydrogen) atoms. The molecule has 4 nitrogen and oxygen atoms in total. The average molecular weight is 365 g/mol. The van der Waals surface area contributed by atoms with Crippen LogP contribution in [-0.4, -0.2) is 19.7 Å². The van der Waals surface area contributed by atoms with E-state index in [0.717, 1.165) is 5.56 Å². The van der Waals surface area contributed by atoms with Gasteiger partial charge in [-0.2, -0.15) is 0 Å². The molecule has 0 aliphatic rings. The predicted molar refractivity (Wildman–Crippen MR) is 92.9 cm³/mol. The third-order valence-electron chi connectivity index (χ3n) is 3.06. The number of ether oxygens (including phenoxy) is 3. The maximum atomic E-state index is 11.8. The summed E-state index contributed by atoms with van der Waals surface area (Å²) >= 11 is 11.9. The molecule has 2 rings (SSSR count). The Morgan fingerprint density at radius 3 is 2.58 bits per heavy atom. The van der Waals surface area contributed by atoms with Gasteiger partial charge in [0.05, 0.1) is 22.7 Å². The summed E-state index contributed by atoms with van der Waals surface area (Å²) in [7, 11) is 1.48. The minimum atomic E-state index is -0.526. The lowest BCUT2D eigenvalue weighted by Gasteiger charge is -2.12. The molecule has 0 saturated heterocycles. The molecule has 0 saturated carbocycles. The van der Waals surface area contributed by atoms with Crippen LogP contribution < -0.4 is 9.47 Å². The Balaban J connectivity index is 2.11. The van der Waals surface area contributed by atoms with Crippen LogP contribution in [0.1, 0.15) is 15.9 Å². The first kappa shape index (κ1) is 18.0. The Hall–Kier alpha value is -2.35. The van der Waals surface area contributed by atoms with E-state index in [4.69, 9.17) is 43.8 Å². The van der Waals surface area contributed by atoms with Gasteiger partial charge < -0.3 is 14.2 Å². The summed E-state index contributed by atoms with van der Waals surface area (Å²) in [6.07, 6.45) is 5.06. The van der Waals surface area contributed by atoms with Crippen molar-refractivity contribution in [2.75, 3.05) is 13.7 Å². The quantitative estimate of drug-likeness (QED) is 0.563. The van der Waals surface area contributed by atoms with Crippen LogP contribution in [-0.2, 0) is 11.3 Å². The van der Waals surface area contributed by atoms with Gasteiger partial charge in [-0.15, -0.1) is 6.42 Å². The molecule has 124 valence electrons. The van der Waals surface area contributed by atoms with Gasteiger partial charge in [-0.05, 0) is 35.9 Å². The lowest BCUT2D eigenvalue weighted by Crippen LogP contribution is -2.06. The molecular weight excluding hydrogens is 351 g/mol. The molecule has 2 aromatic rings. The SMILES string of the molecule is C#CCOC(=O)c1ccc(OCc2ccc(Cl)c(Cl)c2)c(OC)c1. The number of rotatable bonds is 6. The van der Waals surface area contributed by atoms with Crippen LogP contribution in [0.4, 0.5) is 0 Å². The first-order valence-corrected chi connectivity index (χ1v) is 7.66. The molecule has 0 N–H and O–H groups in total. The third kappa shape index (κ3) is 4.58. The zero-order chi connectivity index (χ0) is 17.5. The number of hydrogen-bond acceptors (Lipinski definition) is 4. The molecule has 6 heteroatoms. The summed E-state index contributed by atoms with van der Waals surface area (Å²) in [6, 6.07) is 9.97. The van der Waals surface area contributed by atoms with Crippen molar-refractivity contribution in [2.45, 2.75) is 6.61 Å². The molecule has 0 unspecified atom stereocenters. The number of halogens is 2. The second-order valence-corrected chi connectivity index (χ2v) is 5.50. The van der Waals surface area contributed by atoms with Crippen molar-refractivity contribution in [1.82, 2.24) is 0 Å². The Morgan fingerprint density at radius 2 is 1.92 bits per heavy atom. The highest BCUT2D eigenvalue weighted by molar-refractivity contribution is 6.42. The monoisotopic (exact) mass is 364 g/mol. The summed E-state index contributed by atoms with van der Waals surface area (Å²) in [5.41, 5.74) is 1.17. The Kier molecular flexibility index (Phi) is 6.36. The van der Waals surface area contributed by atoms with Gasteiger partial charge in [0.2, 0.25) is 0 Å². The van der Waals surface area contributed by atoms with Crippen molar-refractivity contribution < 1.29 is 19.0 Å². The van der Waals surface area contributed by atoms with Gasteiger partial charge in [-0.3, -0.25) is 0 Å². The molecule has 0 aromatic heterocycles. The van der Waals surface area contributed by atoms with Gasteiger partial charge in [-0.1, -0.05) is 35.2 Å². The smallest absolute Gasteiger partial charge is 0.339 e. The Labute approximate surface area is 150 Å². The van der Waals surface area contributed by atoms with Crippen LogP contribution in [0.5, 0.6) is 11.5 Å². The summed E-state index contributed by atoms with van der Waals surface area (Å²) in [4.78, 5) is 11.8. The van der Waals surface area contributed by atoms with Gasteiger partial charge in [-0.25, -0.2) is 4.79 Å². The second-order valence-electron chi connectivity index (χ2n) is 4.68. The van der Waals surface area contributed by atoms with Crippen LogP contribution in [0.3, 0.4) is 0 Å². The van der Waals surface area contributed by atoms with Crippen molar-refractivity contribution in [3.05, 3.63) is 57.6 Å². The zero-order valence-electron chi connectivity index (χ0n) is 12.8. The van der Waals surface area contributed by atoms with Crippen LogP contribution in [0.15, 0.2) is 36.4 Å². The highest BCUT2D eigenvalue weighted by Gasteiger charge is 2.12. The van der Waals surface area contributed by atoms with Crippen molar-refractivity contribution in [3.8, 4) is 23.8 Å². The number of hydrogen-bond donors (Lipinski definition) is 0. The number of methoxy groups -OCH3 is 1. The van der Waals surface area contributed by atoms with Crippen molar-refractivity contribution in [2.24, 2.45) is 0 Å². The van der Waals surface area contributed by atoms with E-state index in [1.807, 2.05) is 6.07 Å². The molecule has 0 aliphatic heterocycles. The molecule has 0 spiro atoms. The lowest BCUT2D eigenvalue weighted by atomic mass is 10.2. The summed E-state index contributed by atoms with van der Waals surface area (Å²) in [6.45, 7) is 0.185. The summed E-state index contributed by atoms with van der Waals surface area (Å²) in [5, 5.41) is 0.934. The molecule has 0 fully saturated rings. The highest BCUT2D eigenvalue weighted by atomic mass is 35.5. The predicted octanol–water partition coefficient (Wildman–Crippen LogP) is 4.37. The highest BCUT2D eigenvalue weighted by Crippen LogP contribution is 2.30. The fourth-order valence-electron chi connectivity index (χ4n) is 1.89. The minimum Gasteiger partial charge on any atom is -0.493 e. The maximum Gasteiger partial charge on any atom is 0.339 e. The van der Waals surface area contributed by atoms with E-state index in [0.29, 0.717) is 27.1 Å². The van der Waals surface area contributed by atoms with E-state index in [2.05, 4.69) is 5.92 Å². The number of terminal acetylenes is 1. The Bertz CT molecular complexity index is 781. The van der Waals surface area contributed by atoms with Gasteiger partial charge in [0, 0.05) is 0 Å². The lowest BCUT2D eigenvalue weighted by molar-refractivity contribution is 0.0556. The standard InChI is InChI=1S/C18H14Cl2O4/c1-3-8-23-18(21)13-5-7-16(17(10-13)22-2)24-11-12-4-6-14(19)15(20)9-12/h1,4-7,9-10H,8,11H2,2H3. The fraction of sp³-hybridized carbons (Fsp3) is 0.167. The number of benzene rings is 2. The first-order chi connectivity index (χ1) is 11.5. The topological polar surface area (TPSA) is 44.8 Å². The molecule has 0 heterocycles. The maximum absolute atomic E-state index is 11.8. The summed E-state index contributed by atoms with van der Waals surface area (Å²) in [5.74, 6) is 2.60. The van der Waals surface area contributed by atoms with Crippen LogP contribution in [0.2, 0.25) is 10.0 Å². The van der Waals surface area contributed by atoms with Crippen LogP contribution in [0.25, 0.3) is 0 Å². The second kappa shape index (κ2) is 8.49. The zero-order valence-corrected chi connectivity index (χ0v) is 14.4. The number of carbonyl (C=O) groups is 1. The number of esters is 1. The molecule has 0 radical (unpaired) electrons. The van der Waals surface area contributed by atoms with E-state index in [9.17, 15) is 4.79 Å². The minimum absolute atomic E-state index is 0.0866. The third-order valence-corrected chi connectivity index (χ3v) is 3.80. The van der Waals surface area contributed by atoms with Crippen LogP contribution >= 0.6 is 23.2 Å². The molecule has 2 aromatic carbocycles. The average Bonchev–Trinajstić information content (AvgIpc) is 2.60. The van der Waals surface area contributed by atoms with Gasteiger partial charge in [0.25, 0.3) is 0 Å². The molecular formula is C18H14Cl2O4. The van der Waals surface area contributed by atoms with E-state index >= 15 is 0 Å². The van der Waals surface area contributed by atoms with E-state index in [1.54, 1.807) is 24.3 Å². The first-order valence-electron chi connectivity index (χ1n) is 6.90. The Morgan fingerprint density at radius 1 is 1.12 bits per heavy atom.